The van der Waals surface area contributed by atoms with Crippen LogP contribution in [-0.4, -0.2) is 80.6 Å². The minimum atomic E-state index is 0.228. The molecule has 0 bridgehead atoms. The van der Waals surface area contributed by atoms with Crippen LogP contribution in [0.4, 0.5) is 0 Å². The molecule has 9 aromatic rings. The van der Waals surface area contributed by atoms with Crippen molar-refractivity contribution in [2.75, 3.05) is 66.1 Å². The number of nitrogens with zero attached hydrogens (tertiary/aromatic N) is 3. The van der Waals surface area contributed by atoms with E-state index in [2.05, 4.69) is 128 Å². The zero-order valence-electron chi connectivity index (χ0n) is 40.8. The van der Waals surface area contributed by atoms with Gasteiger partial charge in [0.05, 0.1) is 75.1 Å². The van der Waals surface area contributed by atoms with Gasteiger partial charge in [0, 0.05) is 80.5 Å². The highest BCUT2D eigenvalue weighted by molar-refractivity contribution is 6.36. The van der Waals surface area contributed by atoms with Crippen molar-refractivity contribution in [2.45, 2.75) is 78.4 Å². The van der Waals surface area contributed by atoms with Gasteiger partial charge in [0.25, 0.3) is 0 Å². The van der Waals surface area contributed by atoms with Crippen LogP contribution in [0, 0.1) is 10.8 Å². The Morgan fingerprint density at radius 3 is 1.73 bits per heavy atom. The number of unbranched alkanes of at least 4 members (excludes halogenated alkanes) is 4. The Balaban J connectivity index is 0.914. The standard InChI is InChI=1S/C60H65N3O7/c1-3-59(38-68-39-59)36-66-30-16-6-14-28-64-34-42-24-26-51-48(32-42)53-54-49-33-43(35-65-29-15-7-17-31-67-37-60(4-2)40-69-41-60)25-27-52(49)70-57(54)46-21-11-10-20-45(46)56(53)63(51)58-61-50-23-13-12-22-47(50)55(62-58)44-18-8-5-9-19-44/h5,8-13,18-27,32-33H,3-4,6-7,14-17,28-31,34-41H2,1-2H3. The van der Waals surface area contributed by atoms with Gasteiger partial charge in [0.1, 0.15) is 11.2 Å². The minimum absolute atomic E-state index is 0.228. The Kier molecular flexibility index (Phi) is 14.0. The van der Waals surface area contributed by atoms with Crippen LogP contribution in [0.25, 0.3) is 82.6 Å². The van der Waals surface area contributed by atoms with E-state index in [1.54, 1.807) is 0 Å². The fourth-order valence-corrected chi connectivity index (χ4v) is 10.4. The first kappa shape index (κ1) is 46.7. The van der Waals surface area contributed by atoms with Crippen LogP contribution in [0.5, 0.6) is 0 Å². The monoisotopic (exact) mass is 939 g/mol. The second kappa shape index (κ2) is 20.9. The maximum absolute atomic E-state index is 6.90. The molecule has 362 valence electrons. The summed E-state index contributed by atoms with van der Waals surface area (Å²) >= 11 is 0. The number of aromatic nitrogens is 3. The van der Waals surface area contributed by atoms with Crippen LogP contribution >= 0.6 is 0 Å². The molecule has 2 fully saturated rings. The van der Waals surface area contributed by atoms with Crippen molar-refractivity contribution in [3.63, 3.8) is 0 Å². The summed E-state index contributed by atoms with van der Waals surface area (Å²) in [5, 5.41) is 7.46. The quantitative estimate of drug-likeness (QED) is 0.0548. The topological polar surface area (TPSA) is 99.2 Å². The van der Waals surface area contributed by atoms with E-state index in [0.717, 1.165) is 192 Å². The van der Waals surface area contributed by atoms with Gasteiger partial charge in [-0.2, -0.15) is 0 Å². The summed E-state index contributed by atoms with van der Waals surface area (Å²) in [5.74, 6) is 0.618. The molecular formula is C60H65N3O7. The molecule has 0 atom stereocenters. The third kappa shape index (κ3) is 9.34. The van der Waals surface area contributed by atoms with E-state index in [9.17, 15) is 0 Å². The van der Waals surface area contributed by atoms with Crippen LogP contribution in [0.2, 0.25) is 0 Å². The first-order valence-electron chi connectivity index (χ1n) is 25.7. The van der Waals surface area contributed by atoms with E-state index >= 15 is 0 Å². The molecule has 0 amide bonds. The summed E-state index contributed by atoms with van der Waals surface area (Å²) < 4.78 is 44.9. The van der Waals surface area contributed by atoms with Crippen molar-refractivity contribution in [2.24, 2.45) is 10.8 Å². The molecule has 0 saturated carbocycles. The lowest BCUT2D eigenvalue weighted by Gasteiger charge is -2.40. The highest BCUT2D eigenvalue weighted by Crippen LogP contribution is 2.46. The molecule has 11 rings (SSSR count). The second-order valence-corrected chi connectivity index (χ2v) is 19.9. The van der Waals surface area contributed by atoms with Gasteiger partial charge in [-0.15, -0.1) is 0 Å². The average molecular weight is 940 g/mol. The van der Waals surface area contributed by atoms with Crippen LogP contribution in [0.15, 0.2) is 120 Å². The highest BCUT2D eigenvalue weighted by Gasteiger charge is 2.37. The largest absolute Gasteiger partial charge is 0.455 e. The number of hydrogen-bond donors (Lipinski definition) is 0. The molecule has 0 unspecified atom stereocenters. The van der Waals surface area contributed by atoms with E-state index in [-0.39, 0.29) is 10.8 Å². The van der Waals surface area contributed by atoms with Crippen molar-refractivity contribution >= 4 is 65.4 Å². The second-order valence-electron chi connectivity index (χ2n) is 19.9. The molecule has 2 aliphatic heterocycles. The smallest absolute Gasteiger partial charge is 0.235 e. The lowest BCUT2D eigenvalue weighted by Crippen LogP contribution is -2.45. The Morgan fingerprint density at radius 1 is 0.529 bits per heavy atom. The zero-order chi connectivity index (χ0) is 47.3. The van der Waals surface area contributed by atoms with E-state index in [1.165, 1.54) is 0 Å². The number of rotatable bonds is 24. The van der Waals surface area contributed by atoms with Gasteiger partial charge in [0.15, 0.2) is 0 Å². The van der Waals surface area contributed by atoms with E-state index in [0.29, 0.717) is 32.4 Å². The third-order valence-electron chi connectivity index (χ3n) is 14.9. The molecule has 3 aromatic heterocycles. The van der Waals surface area contributed by atoms with E-state index < -0.39 is 0 Å². The molecule has 0 radical (unpaired) electrons. The van der Waals surface area contributed by atoms with Crippen molar-refractivity contribution in [1.82, 2.24) is 14.5 Å². The molecule has 5 heterocycles. The predicted octanol–water partition coefficient (Wildman–Crippen LogP) is 13.7. The summed E-state index contributed by atoms with van der Waals surface area (Å²) in [7, 11) is 0. The number of hydrogen-bond acceptors (Lipinski definition) is 9. The summed E-state index contributed by atoms with van der Waals surface area (Å²) in [6, 6.07) is 40.6. The molecule has 10 nitrogen and oxygen atoms in total. The molecule has 0 spiro atoms. The number of furan rings is 1. The number of para-hydroxylation sites is 1. The Labute approximate surface area is 410 Å². The van der Waals surface area contributed by atoms with Crippen LogP contribution in [-0.2, 0) is 41.6 Å². The van der Waals surface area contributed by atoms with Crippen LogP contribution in [0.1, 0.15) is 76.3 Å². The van der Waals surface area contributed by atoms with Gasteiger partial charge >= 0.3 is 0 Å². The van der Waals surface area contributed by atoms with Gasteiger partial charge in [-0.1, -0.05) is 98.8 Å². The molecule has 6 aromatic carbocycles. The molecule has 0 N–H and O–H groups in total. The molecule has 70 heavy (non-hydrogen) atoms. The van der Waals surface area contributed by atoms with Crippen molar-refractivity contribution < 1.29 is 32.8 Å². The van der Waals surface area contributed by atoms with Gasteiger partial charge in [-0.3, -0.25) is 4.57 Å². The first-order chi connectivity index (χ1) is 34.6. The van der Waals surface area contributed by atoms with Gasteiger partial charge in [-0.25, -0.2) is 9.97 Å². The lowest BCUT2D eigenvalue weighted by molar-refractivity contribution is -0.150. The molecule has 10 heteroatoms. The fourth-order valence-electron chi connectivity index (χ4n) is 10.4. The maximum atomic E-state index is 6.90. The zero-order valence-corrected chi connectivity index (χ0v) is 40.8. The lowest BCUT2D eigenvalue weighted by atomic mass is 9.84. The Hall–Kier alpha value is -5.72. The van der Waals surface area contributed by atoms with Crippen LogP contribution < -0.4 is 0 Å². The summed E-state index contributed by atoms with van der Waals surface area (Å²) in [6.45, 7) is 13.3. The van der Waals surface area contributed by atoms with Crippen molar-refractivity contribution in [3.8, 4) is 17.2 Å². The van der Waals surface area contributed by atoms with Gasteiger partial charge in [0.2, 0.25) is 5.95 Å². The number of benzene rings is 6. The van der Waals surface area contributed by atoms with E-state index in [1.807, 2.05) is 6.07 Å². The normalized spacial score (nSPS) is 15.5. The fraction of sp³-hybridized carbons (Fsp3) is 0.400. The van der Waals surface area contributed by atoms with Crippen LogP contribution in [0.3, 0.4) is 0 Å². The predicted molar refractivity (Wildman–Crippen MR) is 280 cm³/mol. The molecule has 2 aliphatic rings. The molecule has 0 aliphatic carbocycles. The number of ether oxygens (including phenoxy) is 6. The SMILES string of the molecule is CCC1(COCCCCCOCc2ccc3oc4c5ccccc5c5c(c6cc(COCCCCCOCC7(CC)COC7)ccc6n5-c5nc(-c6ccccc6)c6ccccc6n5)c4c3c2)COC1. The van der Waals surface area contributed by atoms with Crippen molar-refractivity contribution in [1.29, 1.82) is 0 Å². The van der Waals surface area contributed by atoms with E-state index in [4.69, 9.17) is 42.8 Å². The van der Waals surface area contributed by atoms with Crippen molar-refractivity contribution in [3.05, 3.63) is 126 Å². The third-order valence-corrected chi connectivity index (χ3v) is 14.9. The molecular weight excluding hydrogens is 875 g/mol. The minimum Gasteiger partial charge on any atom is -0.455 e. The Morgan fingerprint density at radius 2 is 1.10 bits per heavy atom. The summed E-state index contributed by atoms with van der Waals surface area (Å²) in [6.07, 6.45) is 8.39. The van der Waals surface area contributed by atoms with Gasteiger partial charge in [-0.05, 0) is 92.8 Å². The first-order valence-corrected chi connectivity index (χ1v) is 25.7. The summed E-state index contributed by atoms with van der Waals surface area (Å²) in [5.41, 5.74) is 9.28. The highest BCUT2D eigenvalue weighted by atomic mass is 16.5. The Bertz CT molecular complexity index is 3230. The average Bonchev–Trinajstić information content (AvgIpc) is 3.92. The number of fused-ring (bicyclic) bond motifs is 11. The summed E-state index contributed by atoms with van der Waals surface area (Å²) in [4.78, 5) is 10.8. The van der Waals surface area contributed by atoms with Gasteiger partial charge < -0.3 is 32.8 Å². The maximum Gasteiger partial charge on any atom is 0.235 e. The molecule has 2 saturated heterocycles.